The molecule has 1 aliphatic carbocycles. The number of benzene rings is 4. The smallest absolute Gasteiger partial charge is 0.316 e. The van der Waals surface area contributed by atoms with Crippen molar-refractivity contribution in [1.29, 1.82) is 0 Å². The van der Waals surface area contributed by atoms with Crippen molar-refractivity contribution in [3.63, 3.8) is 0 Å². The van der Waals surface area contributed by atoms with Crippen molar-refractivity contribution in [2.75, 3.05) is 13.2 Å². The van der Waals surface area contributed by atoms with Crippen molar-refractivity contribution in [1.82, 2.24) is 0 Å². The van der Waals surface area contributed by atoms with Gasteiger partial charge in [-0.2, -0.15) is 0 Å². The molecule has 0 atom stereocenters. The first-order valence-corrected chi connectivity index (χ1v) is 15.3. The van der Waals surface area contributed by atoms with Gasteiger partial charge in [-0.25, -0.2) is 0 Å². The highest BCUT2D eigenvalue weighted by atomic mass is 35.5. The van der Waals surface area contributed by atoms with Crippen molar-refractivity contribution in [2.45, 2.75) is 25.2 Å². The normalized spacial score (nSPS) is 12.6. The minimum atomic E-state index is -0.551. The van der Waals surface area contributed by atoms with Crippen molar-refractivity contribution in [3.05, 3.63) is 143 Å². The van der Waals surface area contributed by atoms with Crippen molar-refractivity contribution >= 4 is 35.1 Å². The molecule has 0 radical (unpaired) electrons. The summed E-state index contributed by atoms with van der Waals surface area (Å²) in [6.45, 7) is 2.09. The highest BCUT2D eigenvalue weighted by Crippen LogP contribution is 2.39. The van der Waals surface area contributed by atoms with E-state index >= 15 is 0 Å². The van der Waals surface area contributed by atoms with Crippen LogP contribution in [0.25, 0.3) is 0 Å². The molecule has 0 unspecified atom stereocenters. The molecule has 4 aromatic rings. The number of esters is 2. The fourth-order valence-corrected chi connectivity index (χ4v) is 5.17. The maximum absolute atomic E-state index is 12.8. The summed E-state index contributed by atoms with van der Waals surface area (Å²) in [5, 5.41) is 1.27. The first kappa shape index (κ1) is 31.9. The lowest BCUT2D eigenvalue weighted by Gasteiger charge is -2.31. The second-order valence-electron chi connectivity index (χ2n) is 10.7. The number of hydrogen-bond acceptors (Lipinski definition) is 6. The zero-order valence-corrected chi connectivity index (χ0v) is 26.2. The highest BCUT2D eigenvalue weighted by Gasteiger charge is 2.30. The number of carbonyl (C=O) groups is 2. The molecular formula is C37H32Cl2O6. The Morgan fingerprint density at radius 1 is 0.622 bits per heavy atom. The molecule has 0 saturated carbocycles. The zero-order valence-electron chi connectivity index (χ0n) is 24.7. The van der Waals surface area contributed by atoms with Crippen LogP contribution >= 0.6 is 23.2 Å². The van der Waals surface area contributed by atoms with Crippen LogP contribution in [0.4, 0.5) is 0 Å². The molecule has 1 aliphatic rings. The first-order chi connectivity index (χ1) is 21.8. The van der Waals surface area contributed by atoms with Crippen LogP contribution in [0.5, 0.6) is 23.0 Å². The summed E-state index contributed by atoms with van der Waals surface area (Å²) in [4.78, 5) is 24.8. The van der Waals surface area contributed by atoms with Gasteiger partial charge in [0.15, 0.2) is 0 Å². The molecule has 6 nitrogen and oxygen atoms in total. The topological polar surface area (TPSA) is 71.1 Å². The van der Waals surface area contributed by atoms with E-state index in [0.29, 0.717) is 39.5 Å². The van der Waals surface area contributed by atoms with E-state index in [2.05, 4.69) is 6.92 Å². The third-order valence-electron chi connectivity index (χ3n) is 7.52. The molecule has 0 aromatic heterocycles. The van der Waals surface area contributed by atoms with E-state index in [1.165, 1.54) is 0 Å². The molecule has 0 heterocycles. The zero-order chi connectivity index (χ0) is 31.6. The van der Waals surface area contributed by atoms with Gasteiger partial charge in [0, 0.05) is 21.9 Å². The van der Waals surface area contributed by atoms with Crippen LogP contribution in [-0.2, 0) is 24.5 Å². The highest BCUT2D eigenvalue weighted by molar-refractivity contribution is 6.30. The van der Waals surface area contributed by atoms with Crippen molar-refractivity contribution in [2.24, 2.45) is 5.92 Å². The van der Waals surface area contributed by atoms with Crippen LogP contribution in [0.2, 0.25) is 10.0 Å². The van der Waals surface area contributed by atoms with E-state index in [1.807, 2.05) is 72.8 Å². The van der Waals surface area contributed by atoms with E-state index in [1.54, 1.807) is 48.6 Å². The Hall–Kier alpha value is -4.52. The van der Waals surface area contributed by atoms with Gasteiger partial charge < -0.3 is 18.9 Å². The van der Waals surface area contributed by atoms with Crippen LogP contribution < -0.4 is 9.47 Å². The SMILES string of the molecule is CC(CCC(=O)OCCOC(=O)C1C=CC=C1)(c1ccc(Oc2ccc(Cl)cc2)cc1)c1ccc(Oc2ccc(Cl)cc2)cc1. The predicted octanol–water partition coefficient (Wildman–Crippen LogP) is 9.49. The van der Waals surface area contributed by atoms with Crippen molar-refractivity contribution in [3.8, 4) is 23.0 Å². The standard InChI is InChI=1S/C37H32Cl2O6/c1-37(23-22-35(40)42-24-25-43-36(41)26-4-2-3-5-26,27-6-14-31(15-7-27)44-33-18-10-29(38)11-19-33)28-8-16-32(17-9-28)45-34-20-12-30(39)13-21-34/h2-21,26H,22-25H2,1H3. The Bertz CT molecular complexity index is 1540. The molecule has 45 heavy (non-hydrogen) atoms. The molecule has 0 bridgehead atoms. The van der Waals surface area contributed by atoms with Gasteiger partial charge >= 0.3 is 11.9 Å². The van der Waals surface area contributed by atoms with Gasteiger partial charge in [0.25, 0.3) is 0 Å². The van der Waals surface area contributed by atoms with E-state index in [9.17, 15) is 9.59 Å². The van der Waals surface area contributed by atoms with Gasteiger partial charge in [-0.05, 0) is 90.3 Å². The quantitative estimate of drug-likeness (QED) is 0.107. The Kier molecular flexibility index (Phi) is 10.6. The Morgan fingerprint density at radius 3 is 1.47 bits per heavy atom. The third kappa shape index (κ3) is 8.78. The van der Waals surface area contributed by atoms with Gasteiger partial charge in [-0.1, -0.05) is 78.7 Å². The van der Waals surface area contributed by atoms with Crippen LogP contribution in [0, 0.1) is 5.92 Å². The van der Waals surface area contributed by atoms with Crippen LogP contribution in [0.1, 0.15) is 30.9 Å². The summed E-state index contributed by atoms with van der Waals surface area (Å²) < 4.78 is 22.6. The maximum atomic E-state index is 12.8. The number of rotatable bonds is 13. The van der Waals surface area contributed by atoms with Gasteiger partial charge in [-0.15, -0.1) is 0 Å². The van der Waals surface area contributed by atoms with E-state index in [0.717, 1.165) is 11.1 Å². The molecule has 4 aromatic carbocycles. The Balaban J connectivity index is 1.27. The largest absolute Gasteiger partial charge is 0.462 e. The fraction of sp³-hybridized carbons (Fsp3) is 0.189. The predicted molar refractivity (Wildman–Crippen MR) is 175 cm³/mol. The minimum absolute atomic E-state index is 0.00415. The molecule has 0 aliphatic heterocycles. The molecule has 8 heteroatoms. The average Bonchev–Trinajstić information content (AvgIpc) is 3.60. The molecule has 0 fully saturated rings. The summed E-state index contributed by atoms with van der Waals surface area (Å²) in [6.07, 6.45) is 7.72. The maximum Gasteiger partial charge on any atom is 0.316 e. The van der Waals surface area contributed by atoms with Gasteiger partial charge in [-0.3, -0.25) is 9.59 Å². The summed E-state index contributed by atoms with van der Waals surface area (Å²) in [7, 11) is 0. The monoisotopic (exact) mass is 642 g/mol. The number of allylic oxidation sites excluding steroid dienone is 2. The van der Waals surface area contributed by atoms with Crippen LogP contribution in [0.15, 0.2) is 121 Å². The molecule has 0 amide bonds. The summed E-state index contributed by atoms with van der Waals surface area (Å²) in [6, 6.07) is 29.9. The first-order valence-electron chi connectivity index (χ1n) is 14.5. The molecule has 0 saturated heterocycles. The lowest BCUT2D eigenvalue weighted by Crippen LogP contribution is -2.25. The van der Waals surface area contributed by atoms with E-state index < -0.39 is 5.41 Å². The fourth-order valence-electron chi connectivity index (χ4n) is 4.92. The summed E-state index contributed by atoms with van der Waals surface area (Å²) in [5.74, 6) is 1.58. The lowest BCUT2D eigenvalue weighted by atomic mass is 9.73. The number of hydrogen-bond donors (Lipinski definition) is 0. The Labute approximate surface area is 272 Å². The lowest BCUT2D eigenvalue weighted by molar-refractivity contribution is -0.153. The average molecular weight is 644 g/mol. The third-order valence-corrected chi connectivity index (χ3v) is 8.03. The Morgan fingerprint density at radius 2 is 1.02 bits per heavy atom. The molecular weight excluding hydrogens is 611 g/mol. The summed E-state index contributed by atoms with van der Waals surface area (Å²) in [5.41, 5.74) is 1.44. The molecule has 0 spiro atoms. The molecule has 230 valence electrons. The van der Waals surface area contributed by atoms with E-state index in [-0.39, 0.29) is 37.5 Å². The molecule has 5 rings (SSSR count). The second kappa shape index (κ2) is 15.0. The van der Waals surface area contributed by atoms with Crippen molar-refractivity contribution < 1.29 is 28.5 Å². The second-order valence-corrected chi connectivity index (χ2v) is 11.5. The van der Waals surface area contributed by atoms with Gasteiger partial charge in [0.1, 0.15) is 36.2 Å². The van der Waals surface area contributed by atoms with E-state index in [4.69, 9.17) is 42.1 Å². The summed E-state index contributed by atoms with van der Waals surface area (Å²) >= 11 is 12.0. The number of carbonyl (C=O) groups excluding carboxylic acids is 2. The van der Waals surface area contributed by atoms with Crippen LogP contribution in [0.3, 0.4) is 0 Å². The van der Waals surface area contributed by atoms with Gasteiger partial charge in [0.05, 0.1) is 5.92 Å². The van der Waals surface area contributed by atoms with Crippen LogP contribution in [-0.4, -0.2) is 25.2 Å². The van der Waals surface area contributed by atoms with Gasteiger partial charge in [0.2, 0.25) is 0 Å². The number of halogens is 2. The minimum Gasteiger partial charge on any atom is -0.462 e. The molecule has 0 N–H and O–H groups in total. The number of ether oxygens (including phenoxy) is 4.